The summed E-state index contributed by atoms with van der Waals surface area (Å²) in [5, 5.41) is 2.64. The number of pyridine rings is 2. The average molecular weight is 228 g/mol. The number of rotatable bonds is 1. The van der Waals surface area contributed by atoms with E-state index in [1.54, 1.807) is 17.5 Å². The highest BCUT2D eigenvalue weighted by atomic mass is 32.1. The van der Waals surface area contributed by atoms with E-state index in [-0.39, 0.29) is 5.56 Å². The van der Waals surface area contributed by atoms with Gasteiger partial charge in [-0.2, -0.15) is 0 Å². The SMILES string of the molecule is O=c1[nH]ccc2nc(-c3cccs3)ccc12. The fourth-order valence-corrected chi connectivity index (χ4v) is 2.32. The van der Waals surface area contributed by atoms with E-state index in [2.05, 4.69) is 9.97 Å². The van der Waals surface area contributed by atoms with E-state index in [0.717, 1.165) is 16.1 Å². The Hall–Kier alpha value is -1.94. The standard InChI is InChI=1S/C12H8N2OS/c15-12-8-3-4-10(11-2-1-7-16-11)14-9(8)5-6-13-12/h1-7H,(H,13,15). The minimum Gasteiger partial charge on any atom is -0.328 e. The van der Waals surface area contributed by atoms with Gasteiger partial charge in [-0.25, -0.2) is 4.98 Å². The molecule has 0 unspecified atom stereocenters. The Morgan fingerprint density at radius 1 is 1.19 bits per heavy atom. The molecule has 4 heteroatoms. The minimum atomic E-state index is -0.0947. The van der Waals surface area contributed by atoms with Crippen LogP contribution < -0.4 is 5.56 Å². The van der Waals surface area contributed by atoms with E-state index >= 15 is 0 Å². The largest absolute Gasteiger partial charge is 0.328 e. The molecule has 78 valence electrons. The van der Waals surface area contributed by atoms with Crippen LogP contribution in [0.2, 0.25) is 0 Å². The van der Waals surface area contributed by atoms with Crippen molar-refractivity contribution >= 4 is 22.2 Å². The quantitative estimate of drug-likeness (QED) is 0.696. The molecular formula is C12H8N2OS. The first-order chi connectivity index (χ1) is 7.84. The number of fused-ring (bicyclic) bond motifs is 1. The van der Waals surface area contributed by atoms with Gasteiger partial charge < -0.3 is 4.98 Å². The van der Waals surface area contributed by atoms with Gasteiger partial charge in [0.15, 0.2) is 0 Å². The second-order valence-electron chi connectivity index (χ2n) is 3.41. The minimum absolute atomic E-state index is 0.0947. The van der Waals surface area contributed by atoms with Gasteiger partial charge in [0.05, 0.1) is 21.5 Å². The molecule has 0 amide bonds. The first-order valence-corrected chi connectivity index (χ1v) is 5.75. The highest BCUT2D eigenvalue weighted by molar-refractivity contribution is 7.13. The maximum atomic E-state index is 11.5. The number of thiophene rings is 1. The molecule has 0 saturated heterocycles. The molecule has 0 saturated carbocycles. The number of hydrogen-bond acceptors (Lipinski definition) is 3. The molecule has 1 N–H and O–H groups in total. The Labute approximate surface area is 95.4 Å². The molecule has 0 fully saturated rings. The van der Waals surface area contributed by atoms with Gasteiger partial charge in [-0.05, 0) is 29.6 Å². The predicted molar refractivity (Wildman–Crippen MR) is 65.7 cm³/mol. The molecule has 0 aromatic carbocycles. The number of nitrogens with zero attached hydrogens (tertiary/aromatic N) is 1. The molecule has 16 heavy (non-hydrogen) atoms. The van der Waals surface area contributed by atoms with Crippen LogP contribution in [0.25, 0.3) is 21.5 Å². The topological polar surface area (TPSA) is 45.8 Å². The van der Waals surface area contributed by atoms with Crippen molar-refractivity contribution in [2.24, 2.45) is 0 Å². The molecule has 0 bridgehead atoms. The highest BCUT2D eigenvalue weighted by Gasteiger charge is 2.03. The van der Waals surface area contributed by atoms with Gasteiger partial charge in [0.2, 0.25) is 0 Å². The molecule has 0 aliphatic heterocycles. The Morgan fingerprint density at radius 2 is 2.12 bits per heavy atom. The molecule has 0 atom stereocenters. The summed E-state index contributed by atoms with van der Waals surface area (Å²) in [5.41, 5.74) is 1.55. The summed E-state index contributed by atoms with van der Waals surface area (Å²) in [6.45, 7) is 0. The summed E-state index contributed by atoms with van der Waals surface area (Å²) in [6, 6.07) is 9.52. The molecule has 3 heterocycles. The summed E-state index contributed by atoms with van der Waals surface area (Å²) < 4.78 is 0. The van der Waals surface area contributed by atoms with Gasteiger partial charge in [0.1, 0.15) is 0 Å². The van der Waals surface area contributed by atoms with Crippen molar-refractivity contribution in [2.75, 3.05) is 0 Å². The van der Waals surface area contributed by atoms with Crippen LogP contribution in [0.3, 0.4) is 0 Å². The van der Waals surface area contributed by atoms with E-state index < -0.39 is 0 Å². The lowest BCUT2D eigenvalue weighted by atomic mass is 10.2. The Morgan fingerprint density at radius 3 is 2.94 bits per heavy atom. The first-order valence-electron chi connectivity index (χ1n) is 4.87. The van der Waals surface area contributed by atoms with Gasteiger partial charge in [-0.15, -0.1) is 11.3 Å². The van der Waals surface area contributed by atoms with Crippen molar-refractivity contribution in [3.8, 4) is 10.6 Å². The van der Waals surface area contributed by atoms with Crippen molar-refractivity contribution in [3.05, 3.63) is 52.3 Å². The Balaban J connectivity index is 2.28. The van der Waals surface area contributed by atoms with Crippen LogP contribution in [0.15, 0.2) is 46.7 Å². The lowest BCUT2D eigenvalue weighted by Crippen LogP contribution is -2.05. The third kappa shape index (κ3) is 1.44. The predicted octanol–water partition coefficient (Wildman–Crippen LogP) is 2.65. The van der Waals surface area contributed by atoms with Gasteiger partial charge >= 0.3 is 0 Å². The average Bonchev–Trinajstić information content (AvgIpc) is 2.82. The first kappa shape index (κ1) is 9.30. The monoisotopic (exact) mass is 228 g/mol. The molecule has 0 spiro atoms. The zero-order chi connectivity index (χ0) is 11.0. The Kier molecular flexibility index (Phi) is 2.08. The molecule has 3 nitrogen and oxygen atoms in total. The zero-order valence-electron chi connectivity index (χ0n) is 8.31. The summed E-state index contributed by atoms with van der Waals surface area (Å²) in [7, 11) is 0. The maximum Gasteiger partial charge on any atom is 0.257 e. The van der Waals surface area contributed by atoms with E-state index in [0.29, 0.717) is 5.39 Å². The van der Waals surface area contributed by atoms with Crippen LogP contribution in [-0.2, 0) is 0 Å². The number of hydrogen-bond donors (Lipinski definition) is 1. The van der Waals surface area contributed by atoms with Crippen LogP contribution in [0.4, 0.5) is 0 Å². The molecule has 0 radical (unpaired) electrons. The maximum absolute atomic E-state index is 11.5. The smallest absolute Gasteiger partial charge is 0.257 e. The lowest BCUT2D eigenvalue weighted by molar-refractivity contribution is 1.26. The van der Waals surface area contributed by atoms with Crippen molar-refractivity contribution in [2.45, 2.75) is 0 Å². The van der Waals surface area contributed by atoms with E-state index in [9.17, 15) is 4.79 Å². The molecule has 0 aliphatic rings. The van der Waals surface area contributed by atoms with Gasteiger partial charge in [0.25, 0.3) is 5.56 Å². The van der Waals surface area contributed by atoms with Crippen molar-refractivity contribution in [1.82, 2.24) is 9.97 Å². The number of H-pyrrole nitrogens is 1. The van der Waals surface area contributed by atoms with Crippen LogP contribution in [0.1, 0.15) is 0 Å². The van der Waals surface area contributed by atoms with E-state index in [4.69, 9.17) is 0 Å². The fourth-order valence-electron chi connectivity index (χ4n) is 1.63. The highest BCUT2D eigenvalue weighted by Crippen LogP contribution is 2.23. The summed E-state index contributed by atoms with van der Waals surface area (Å²) in [4.78, 5) is 19.7. The molecule has 3 rings (SSSR count). The van der Waals surface area contributed by atoms with Gasteiger partial charge in [-0.3, -0.25) is 4.79 Å². The van der Waals surface area contributed by atoms with Crippen LogP contribution >= 0.6 is 11.3 Å². The second kappa shape index (κ2) is 3.57. The fraction of sp³-hybridized carbons (Fsp3) is 0. The van der Waals surface area contributed by atoms with Crippen molar-refractivity contribution in [3.63, 3.8) is 0 Å². The lowest BCUT2D eigenvalue weighted by Gasteiger charge is -1.99. The van der Waals surface area contributed by atoms with Crippen LogP contribution in [-0.4, -0.2) is 9.97 Å². The number of nitrogens with one attached hydrogen (secondary N) is 1. The van der Waals surface area contributed by atoms with E-state index in [1.165, 1.54) is 0 Å². The Bertz CT molecular complexity index is 686. The normalized spacial score (nSPS) is 10.8. The van der Waals surface area contributed by atoms with Gasteiger partial charge in [-0.1, -0.05) is 6.07 Å². The van der Waals surface area contributed by atoms with Crippen LogP contribution in [0.5, 0.6) is 0 Å². The van der Waals surface area contributed by atoms with Gasteiger partial charge in [0, 0.05) is 6.20 Å². The second-order valence-corrected chi connectivity index (χ2v) is 4.36. The number of aromatic amines is 1. The zero-order valence-corrected chi connectivity index (χ0v) is 9.12. The van der Waals surface area contributed by atoms with Crippen LogP contribution in [0, 0.1) is 0 Å². The molecular weight excluding hydrogens is 220 g/mol. The summed E-state index contributed by atoms with van der Waals surface area (Å²) >= 11 is 1.64. The third-order valence-electron chi connectivity index (χ3n) is 2.40. The molecule has 3 aromatic rings. The van der Waals surface area contributed by atoms with Crippen molar-refractivity contribution < 1.29 is 0 Å². The summed E-state index contributed by atoms with van der Waals surface area (Å²) in [6.07, 6.45) is 1.62. The third-order valence-corrected chi connectivity index (χ3v) is 3.29. The van der Waals surface area contributed by atoms with E-state index in [1.807, 2.05) is 35.7 Å². The molecule has 3 aromatic heterocycles. The number of aromatic nitrogens is 2. The van der Waals surface area contributed by atoms with Crippen molar-refractivity contribution in [1.29, 1.82) is 0 Å². The molecule has 0 aliphatic carbocycles. The summed E-state index contributed by atoms with van der Waals surface area (Å²) in [5.74, 6) is 0.